The van der Waals surface area contributed by atoms with Gasteiger partial charge in [0.15, 0.2) is 0 Å². The standard InChI is InChI=1S/C17H24FN/c1-2-19-17(11-12-4-7-15(18)8-5-12)16-10-13-3-6-14(16)9-13/h4-5,7-8,13-14,16-17,19H,2-3,6,9-11H2,1H3. The van der Waals surface area contributed by atoms with Gasteiger partial charge in [0.2, 0.25) is 0 Å². The van der Waals surface area contributed by atoms with Gasteiger partial charge >= 0.3 is 0 Å². The van der Waals surface area contributed by atoms with Crippen molar-refractivity contribution >= 4 is 0 Å². The van der Waals surface area contributed by atoms with E-state index in [1.807, 2.05) is 12.1 Å². The van der Waals surface area contributed by atoms with Crippen LogP contribution in [0.3, 0.4) is 0 Å². The molecule has 0 spiro atoms. The molecule has 4 unspecified atom stereocenters. The van der Waals surface area contributed by atoms with Gasteiger partial charge in [-0.25, -0.2) is 4.39 Å². The van der Waals surface area contributed by atoms with Gasteiger partial charge in [-0.2, -0.15) is 0 Å². The van der Waals surface area contributed by atoms with Crippen molar-refractivity contribution in [3.63, 3.8) is 0 Å². The third-order valence-electron chi connectivity index (χ3n) is 5.14. The Hall–Kier alpha value is -0.890. The molecule has 1 aromatic rings. The van der Waals surface area contributed by atoms with E-state index in [0.29, 0.717) is 6.04 Å². The fraction of sp³-hybridized carbons (Fsp3) is 0.647. The summed E-state index contributed by atoms with van der Waals surface area (Å²) >= 11 is 0. The highest BCUT2D eigenvalue weighted by Gasteiger charge is 2.42. The SMILES string of the molecule is CCNC(Cc1ccc(F)cc1)C1CC2CCC1C2. The van der Waals surface area contributed by atoms with Crippen LogP contribution in [-0.2, 0) is 6.42 Å². The molecule has 1 aromatic carbocycles. The Bertz CT molecular complexity index is 414. The fourth-order valence-electron chi connectivity index (χ4n) is 4.30. The number of halogens is 1. The second kappa shape index (κ2) is 5.62. The predicted molar refractivity (Wildman–Crippen MR) is 76.5 cm³/mol. The summed E-state index contributed by atoms with van der Waals surface area (Å²) in [6, 6.07) is 7.61. The van der Waals surface area contributed by atoms with E-state index in [1.54, 1.807) is 12.1 Å². The van der Waals surface area contributed by atoms with Crippen molar-refractivity contribution in [2.45, 2.75) is 45.1 Å². The molecular formula is C17H24FN. The van der Waals surface area contributed by atoms with Crippen LogP contribution >= 0.6 is 0 Å². The Labute approximate surface area is 115 Å². The summed E-state index contributed by atoms with van der Waals surface area (Å²) in [6.07, 6.45) is 6.79. The van der Waals surface area contributed by atoms with Crippen molar-refractivity contribution in [3.05, 3.63) is 35.6 Å². The van der Waals surface area contributed by atoms with E-state index in [2.05, 4.69) is 12.2 Å². The first-order valence-corrected chi connectivity index (χ1v) is 7.74. The maximum absolute atomic E-state index is 13.0. The molecule has 2 saturated carbocycles. The van der Waals surface area contributed by atoms with E-state index in [9.17, 15) is 4.39 Å². The number of hydrogen-bond acceptors (Lipinski definition) is 1. The zero-order valence-corrected chi connectivity index (χ0v) is 11.7. The first-order chi connectivity index (χ1) is 9.26. The van der Waals surface area contributed by atoms with Gasteiger partial charge in [-0.05, 0) is 67.7 Å². The van der Waals surface area contributed by atoms with Gasteiger partial charge in [0, 0.05) is 6.04 Å². The summed E-state index contributed by atoms with van der Waals surface area (Å²) in [5, 5.41) is 3.68. The van der Waals surface area contributed by atoms with Crippen LogP contribution in [0.4, 0.5) is 4.39 Å². The van der Waals surface area contributed by atoms with Gasteiger partial charge in [0.1, 0.15) is 5.82 Å². The lowest BCUT2D eigenvalue weighted by Crippen LogP contribution is -2.40. The van der Waals surface area contributed by atoms with E-state index < -0.39 is 0 Å². The normalized spacial score (nSPS) is 30.7. The summed E-state index contributed by atoms with van der Waals surface area (Å²) in [5.74, 6) is 2.63. The van der Waals surface area contributed by atoms with E-state index >= 15 is 0 Å². The number of fused-ring (bicyclic) bond motifs is 2. The molecule has 0 aromatic heterocycles. The maximum atomic E-state index is 13.0. The molecule has 0 aliphatic heterocycles. The van der Waals surface area contributed by atoms with Crippen LogP contribution in [0.1, 0.15) is 38.2 Å². The van der Waals surface area contributed by atoms with Crippen molar-refractivity contribution in [1.82, 2.24) is 5.32 Å². The molecule has 0 radical (unpaired) electrons. The minimum absolute atomic E-state index is 0.135. The van der Waals surface area contributed by atoms with Gasteiger partial charge in [-0.3, -0.25) is 0 Å². The van der Waals surface area contributed by atoms with Gasteiger partial charge in [-0.15, -0.1) is 0 Å². The topological polar surface area (TPSA) is 12.0 Å². The Morgan fingerprint density at radius 2 is 2.00 bits per heavy atom. The average Bonchev–Trinajstić information content (AvgIpc) is 3.03. The van der Waals surface area contributed by atoms with Gasteiger partial charge in [0.05, 0.1) is 0 Å². The molecule has 2 aliphatic rings. The summed E-state index contributed by atoms with van der Waals surface area (Å²) in [7, 11) is 0. The van der Waals surface area contributed by atoms with Crippen molar-refractivity contribution < 1.29 is 4.39 Å². The molecule has 0 amide bonds. The second-order valence-corrected chi connectivity index (χ2v) is 6.33. The number of rotatable bonds is 5. The highest BCUT2D eigenvalue weighted by molar-refractivity contribution is 5.18. The van der Waals surface area contributed by atoms with Crippen LogP contribution < -0.4 is 5.32 Å². The molecule has 3 rings (SSSR count). The minimum atomic E-state index is -0.135. The molecule has 4 atom stereocenters. The van der Waals surface area contributed by atoms with E-state index in [0.717, 1.165) is 30.7 Å². The third kappa shape index (κ3) is 2.84. The van der Waals surface area contributed by atoms with E-state index in [1.165, 1.54) is 31.2 Å². The smallest absolute Gasteiger partial charge is 0.123 e. The highest BCUT2D eigenvalue weighted by atomic mass is 19.1. The van der Waals surface area contributed by atoms with Gasteiger partial charge in [0.25, 0.3) is 0 Å². The summed E-state index contributed by atoms with van der Waals surface area (Å²) in [4.78, 5) is 0. The monoisotopic (exact) mass is 261 g/mol. The second-order valence-electron chi connectivity index (χ2n) is 6.33. The Morgan fingerprint density at radius 3 is 2.58 bits per heavy atom. The fourth-order valence-corrected chi connectivity index (χ4v) is 4.30. The lowest BCUT2D eigenvalue weighted by molar-refractivity contribution is 0.249. The lowest BCUT2D eigenvalue weighted by Gasteiger charge is -2.31. The van der Waals surface area contributed by atoms with Crippen molar-refractivity contribution in [2.75, 3.05) is 6.54 Å². The van der Waals surface area contributed by atoms with Crippen molar-refractivity contribution in [3.8, 4) is 0 Å². The number of benzene rings is 1. The summed E-state index contributed by atoms with van der Waals surface area (Å²) in [5.41, 5.74) is 1.26. The molecule has 2 fully saturated rings. The molecule has 1 N–H and O–H groups in total. The third-order valence-corrected chi connectivity index (χ3v) is 5.14. The van der Waals surface area contributed by atoms with Crippen LogP contribution in [0.2, 0.25) is 0 Å². The number of nitrogens with one attached hydrogen (secondary N) is 1. The number of hydrogen-bond donors (Lipinski definition) is 1. The first kappa shape index (κ1) is 13.1. The average molecular weight is 261 g/mol. The predicted octanol–water partition coefficient (Wildman–Crippen LogP) is 3.78. The Morgan fingerprint density at radius 1 is 1.21 bits per heavy atom. The van der Waals surface area contributed by atoms with E-state index in [-0.39, 0.29) is 5.82 Å². The van der Waals surface area contributed by atoms with Crippen molar-refractivity contribution in [2.24, 2.45) is 17.8 Å². The quantitative estimate of drug-likeness (QED) is 0.850. The molecule has 104 valence electrons. The molecule has 0 heterocycles. The highest BCUT2D eigenvalue weighted by Crippen LogP contribution is 2.49. The van der Waals surface area contributed by atoms with Crippen molar-refractivity contribution in [1.29, 1.82) is 0 Å². The van der Waals surface area contributed by atoms with Crippen LogP contribution in [0.5, 0.6) is 0 Å². The zero-order chi connectivity index (χ0) is 13.2. The van der Waals surface area contributed by atoms with Crippen LogP contribution in [0.15, 0.2) is 24.3 Å². The molecule has 19 heavy (non-hydrogen) atoms. The first-order valence-electron chi connectivity index (χ1n) is 7.74. The minimum Gasteiger partial charge on any atom is -0.314 e. The van der Waals surface area contributed by atoms with E-state index in [4.69, 9.17) is 0 Å². The number of likely N-dealkylation sites (N-methyl/N-ethyl adjacent to an activating group) is 1. The van der Waals surface area contributed by atoms with Gasteiger partial charge in [-0.1, -0.05) is 25.5 Å². The molecule has 2 heteroatoms. The maximum Gasteiger partial charge on any atom is 0.123 e. The summed E-state index contributed by atoms with van der Waals surface area (Å²) < 4.78 is 13.0. The molecule has 2 aliphatic carbocycles. The largest absolute Gasteiger partial charge is 0.314 e. The van der Waals surface area contributed by atoms with Crippen LogP contribution in [-0.4, -0.2) is 12.6 Å². The van der Waals surface area contributed by atoms with Gasteiger partial charge < -0.3 is 5.32 Å². The van der Waals surface area contributed by atoms with Crippen LogP contribution in [0.25, 0.3) is 0 Å². The van der Waals surface area contributed by atoms with Crippen LogP contribution in [0, 0.1) is 23.6 Å². The summed E-state index contributed by atoms with van der Waals surface area (Å²) in [6.45, 7) is 3.21. The molecule has 0 saturated heterocycles. The molecule has 2 bridgehead atoms. The molecule has 1 nitrogen and oxygen atoms in total. The zero-order valence-electron chi connectivity index (χ0n) is 11.7. The Kier molecular flexibility index (Phi) is 3.88. The lowest BCUT2D eigenvalue weighted by atomic mass is 9.81. The Balaban J connectivity index is 1.68. The molecular weight excluding hydrogens is 237 g/mol.